The molecule has 0 saturated carbocycles. The van der Waals surface area contributed by atoms with Gasteiger partial charge in [0, 0.05) is 4.90 Å². The highest BCUT2D eigenvalue weighted by Gasteiger charge is 2.26. The number of aliphatic hydroxyl groups is 1. The van der Waals surface area contributed by atoms with Crippen LogP contribution < -0.4 is 5.32 Å². The average Bonchev–Trinajstić information content (AvgIpc) is 2.34. The minimum Gasteiger partial charge on any atom is -0.480 e. The van der Waals surface area contributed by atoms with Crippen LogP contribution in [-0.4, -0.2) is 40.0 Å². The third-order valence-electron chi connectivity index (χ3n) is 2.38. The summed E-state index contributed by atoms with van der Waals surface area (Å²) in [4.78, 5) is 22.8. The summed E-state index contributed by atoms with van der Waals surface area (Å²) in [5, 5.41) is 20.2. The summed E-state index contributed by atoms with van der Waals surface area (Å²) in [7, 11) is 0. The summed E-state index contributed by atoms with van der Waals surface area (Å²) in [6.45, 7) is 1.21. The van der Waals surface area contributed by atoms with Crippen LogP contribution in [0.25, 0.3) is 0 Å². The number of carboxylic acids is 1. The maximum atomic E-state index is 12.4. The van der Waals surface area contributed by atoms with E-state index in [0.29, 0.717) is 0 Å². The lowest BCUT2D eigenvalue weighted by atomic mass is 10.1. The van der Waals surface area contributed by atoms with Gasteiger partial charge < -0.3 is 15.5 Å². The number of nitrogens with one attached hydrogen (secondary N) is 1. The van der Waals surface area contributed by atoms with E-state index in [4.69, 9.17) is 5.11 Å². The van der Waals surface area contributed by atoms with Crippen LogP contribution in [-0.2, 0) is 4.79 Å². The molecular formula is C12H13F2NO4S. The highest BCUT2D eigenvalue weighted by molar-refractivity contribution is 7.99. The van der Waals surface area contributed by atoms with Crippen LogP contribution in [0.1, 0.15) is 17.3 Å². The maximum absolute atomic E-state index is 12.4. The third kappa shape index (κ3) is 4.46. The number of alkyl halides is 2. The van der Waals surface area contributed by atoms with Crippen molar-refractivity contribution in [1.82, 2.24) is 5.32 Å². The second-order valence-electron chi connectivity index (χ2n) is 3.90. The van der Waals surface area contributed by atoms with E-state index in [1.807, 2.05) is 0 Å². The Balaban J connectivity index is 2.94. The standard InChI is InChI=1S/C12H13F2NO4S/c1-6(16)9(11(18)19)15-10(17)7-4-2-3-5-8(7)20-12(13)14/h2-6,9,12,16H,1H3,(H,15,17)(H,18,19)/t6-,9+/m1/s1. The van der Waals surface area contributed by atoms with Crippen LogP contribution in [0.15, 0.2) is 29.2 Å². The Morgan fingerprint density at radius 2 is 1.90 bits per heavy atom. The predicted molar refractivity (Wildman–Crippen MR) is 68.9 cm³/mol. The molecule has 0 aliphatic heterocycles. The number of rotatable bonds is 6. The van der Waals surface area contributed by atoms with E-state index in [9.17, 15) is 23.5 Å². The molecule has 1 aromatic rings. The van der Waals surface area contributed by atoms with E-state index in [0.717, 1.165) is 0 Å². The smallest absolute Gasteiger partial charge is 0.328 e. The molecule has 0 saturated heterocycles. The normalized spacial score (nSPS) is 13.8. The molecule has 1 amide bonds. The molecule has 110 valence electrons. The fourth-order valence-corrected chi connectivity index (χ4v) is 2.10. The number of benzene rings is 1. The molecule has 2 atom stereocenters. The SMILES string of the molecule is C[C@@H](O)[C@H](NC(=O)c1ccccc1SC(F)F)C(=O)O. The molecule has 0 radical (unpaired) electrons. The largest absolute Gasteiger partial charge is 0.480 e. The van der Waals surface area contributed by atoms with Gasteiger partial charge in [0.15, 0.2) is 6.04 Å². The molecule has 1 rings (SSSR count). The summed E-state index contributed by atoms with van der Waals surface area (Å²) < 4.78 is 24.8. The van der Waals surface area contributed by atoms with E-state index < -0.39 is 29.8 Å². The molecular weight excluding hydrogens is 292 g/mol. The van der Waals surface area contributed by atoms with Gasteiger partial charge in [-0.3, -0.25) is 4.79 Å². The maximum Gasteiger partial charge on any atom is 0.328 e. The van der Waals surface area contributed by atoms with Crippen molar-refractivity contribution in [3.8, 4) is 0 Å². The summed E-state index contributed by atoms with van der Waals surface area (Å²) >= 11 is 0.193. The molecule has 3 N–H and O–H groups in total. The van der Waals surface area contributed by atoms with E-state index >= 15 is 0 Å². The highest BCUT2D eigenvalue weighted by Crippen LogP contribution is 2.28. The molecule has 0 fully saturated rings. The first-order valence-corrected chi connectivity index (χ1v) is 6.46. The van der Waals surface area contributed by atoms with Crippen molar-refractivity contribution in [3.63, 3.8) is 0 Å². The Morgan fingerprint density at radius 3 is 2.40 bits per heavy atom. The number of halogens is 2. The van der Waals surface area contributed by atoms with Crippen molar-refractivity contribution >= 4 is 23.6 Å². The molecule has 0 heterocycles. The number of carboxylic acid groups (broad SMARTS) is 1. The number of aliphatic hydroxyl groups excluding tert-OH is 1. The topological polar surface area (TPSA) is 86.6 Å². The van der Waals surface area contributed by atoms with Crippen LogP contribution in [0, 0.1) is 0 Å². The second-order valence-corrected chi connectivity index (χ2v) is 4.94. The van der Waals surface area contributed by atoms with Gasteiger partial charge in [0.2, 0.25) is 0 Å². The Kier molecular flexibility index (Phi) is 5.90. The van der Waals surface area contributed by atoms with Gasteiger partial charge in [-0.25, -0.2) is 4.79 Å². The number of hydrogen-bond acceptors (Lipinski definition) is 4. The zero-order chi connectivity index (χ0) is 15.3. The Hall–Kier alpha value is -1.67. The first-order valence-electron chi connectivity index (χ1n) is 5.58. The van der Waals surface area contributed by atoms with Crippen LogP contribution in [0.4, 0.5) is 8.78 Å². The third-order valence-corrected chi connectivity index (χ3v) is 3.17. The van der Waals surface area contributed by atoms with Gasteiger partial charge in [-0.15, -0.1) is 0 Å². The van der Waals surface area contributed by atoms with Gasteiger partial charge in [0.1, 0.15) is 0 Å². The average molecular weight is 305 g/mol. The van der Waals surface area contributed by atoms with Gasteiger partial charge in [-0.05, 0) is 19.1 Å². The summed E-state index contributed by atoms with van der Waals surface area (Å²) in [5.74, 6) is -4.94. The number of carbonyl (C=O) groups is 2. The van der Waals surface area contributed by atoms with Crippen molar-refractivity contribution in [2.75, 3.05) is 0 Å². The zero-order valence-electron chi connectivity index (χ0n) is 10.4. The zero-order valence-corrected chi connectivity index (χ0v) is 11.2. The molecule has 20 heavy (non-hydrogen) atoms. The van der Waals surface area contributed by atoms with E-state index in [-0.39, 0.29) is 22.2 Å². The first kappa shape index (κ1) is 16.4. The monoisotopic (exact) mass is 305 g/mol. The van der Waals surface area contributed by atoms with Crippen molar-refractivity contribution in [2.24, 2.45) is 0 Å². The van der Waals surface area contributed by atoms with E-state index in [1.54, 1.807) is 0 Å². The van der Waals surface area contributed by atoms with Crippen molar-refractivity contribution in [2.45, 2.75) is 29.7 Å². The number of aliphatic carboxylic acids is 1. The molecule has 5 nitrogen and oxygen atoms in total. The van der Waals surface area contributed by atoms with Crippen LogP contribution in [0.5, 0.6) is 0 Å². The summed E-state index contributed by atoms with van der Waals surface area (Å²) in [6, 6.07) is 4.10. The predicted octanol–water partition coefficient (Wildman–Crippen LogP) is 1.57. The van der Waals surface area contributed by atoms with Crippen molar-refractivity contribution in [1.29, 1.82) is 0 Å². The summed E-state index contributed by atoms with van der Waals surface area (Å²) in [5.41, 5.74) is -0.0651. The lowest BCUT2D eigenvalue weighted by Gasteiger charge is -2.18. The lowest BCUT2D eigenvalue weighted by molar-refractivity contribution is -0.141. The minimum atomic E-state index is -2.70. The quantitative estimate of drug-likeness (QED) is 0.694. The molecule has 0 aliphatic rings. The number of thioether (sulfide) groups is 1. The molecule has 0 spiro atoms. The van der Waals surface area contributed by atoms with Crippen LogP contribution >= 0.6 is 11.8 Å². The number of carbonyl (C=O) groups excluding carboxylic acids is 1. The molecule has 0 bridgehead atoms. The van der Waals surface area contributed by atoms with Crippen molar-refractivity contribution in [3.05, 3.63) is 29.8 Å². The second kappa shape index (κ2) is 7.20. The minimum absolute atomic E-state index is 0.0368. The fraction of sp³-hybridized carbons (Fsp3) is 0.333. The fourth-order valence-electron chi connectivity index (χ4n) is 1.46. The highest BCUT2D eigenvalue weighted by atomic mass is 32.2. The molecule has 0 aromatic heterocycles. The number of amides is 1. The van der Waals surface area contributed by atoms with Crippen LogP contribution in [0.3, 0.4) is 0 Å². The number of hydrogen-bond donors (Lipinski definition) is 3. The summed E-state index contributed by atoms with van der Waals surface area (Å²) in [6.07, 6.45) is -1.31. The van der Waals surface area contributed by atoms with Gasteiger partial charge in [0.25, 0.3) is 11.7 Å². The van der Waals surface area contributed by atoms with Gasteiger partial charge in [-0.2, -0.15) is 8.78 Å². The molecule has 0 unspecified atom stereocenters. The molecule has 8 heteroatoms. The van der Waals surface area contributed by atoms with E-state index in [2.05, 4.69) is 5.32 Å². The van der Waals surface area contributed by atoms with E-state index in [1.165, 1.54) is 31.2 Å². The molecule has 1 aromatic carbocycles. The Labute approximate surface area is 118 Å². The van der Waals surface area contributed by atoms with Gasteiger partial charge in [-0.1, -0.05) is 23.9 Å². The Morgan fingerprint density at radius 1 is 1.30 bits per heavy atom. The van der Waals surface area contributed by atoms with Gasteiger partial charge in [0.05, 0.1) is 11.7 Å². The Bertz CT molecular complexity index is 496. The first-order chi connectivity index (χ1) is 9.32. The molecule has 0 aliphatic carbocycles. The lowest BCUT2D eigenvalue weighted by Crippen LogP contribution is -2.47. The van der Waals surface area contributed by atoms with Crippen LogP contribution in [0.2, 0.25) is 0 Å². The van der Waals surface area contributed by atoms with Crippen molar-refractivity contribution < 1.29 is 28.6 Å². The van der Waals surface area contributed by atoms with Gasteiger partial charge >= 0.3 is 5.97 Å².